The third-order valence-electron chi connectivity index (χ3n) is 3.22. The lowest BCUT2D eigenvalue weighted by Gasteiger charge is -2.02. The van der Waals surface area contributed by atoms with Gasteiger partial charge in [-0.2, -0.15) is 0 Å². The van der Waals surface area contributed by atoms with Gasteiger partial charge in [0.1, 0.15) is 17.0 Å². The maximum Gasteiger partial charge on any atom is 0.337 e. The van der Waals surface area contributed by atoms with Gasteiger partial charge in [0.15, 0.2) is 5.78 Å². The fraction of sp³-hybridized carbons (Fsp3) is 0.0625. The summed E-state index contributed by atoms with van der Waals surface area (Å²) in [5.74, 6) is -1.67. The number of carboxylic acids is 1. The van der Waals surface area contributed by atoms with Crippen molar-refractivity contribution in [1.29, 1.82) is 0 Å². The molecule has 2 aromatic heterocycles. The molecule has 0 saturated heterocycles. The number of hydrogen-bond donors (Lipinski definition) is 1. The van der Waals surface area contributed by atoms with Crippen molar-refractivity contribution in [3.8, 4) is 10.8 Å². The molecule has 0 bridgehead atoms. The van der Waals surface area contributed by atoms with E-state index in [2.05, 4.69) is 4.98 Å². The van der Waals surface area contributed by atoms with Crippen LogP contribution in [-0.4, -0.2) is 21.8 Å². The molecule has 0 spiro atoms. The number of aromatic nitrogens is 1. The Morgan fingerprint density at radius 3 is 2.61 bits per heavy atom. The topological polar surface area (TPSA) is 80.4 Å². The van der Waals surface area contributed by atoms with Gasteiger partial charge in [-0.1, -0.05) is 0 Å². The van der Waals surface area contributed by atoms with E-state index in [0.29, 0.717) is 16.0 Å². The molecule has 0 amide bonds. The molecule has 0 aliphatic rings. The summed E-state index contributed by atoms with van der Waals surface area (Å²) < 4.78 is 18.0. The monoisotopic (exact) mass is 331 g/mol. The lowest BCUT2D eigenvalue weighted by atomic mass is 10.0. The van der Waals surface area contributed by atoms with Gasteiger partial charge in [-0.05, 0) is 35.2 Å². The number of hydrogen-bond acceptors (Lipinski definition) is 5. The van der Waals surface area contributed by atoms with Crippen LogP contribution in [0.3, 0.4) is 0 Å². The number of carbonyl (C=O) groups is 2. The van der Waals surface area contributed by atoms with Crippen molar-refractivity contribution in [3.05, 3.63) is 64.6 Å². The van der Waals surface area contributed by atoms with Crippen LogP contribution in [0.1, 0.15) is 26.3 Å². The first kappa shape index (κ1) is 15.1. The van der Waals surface area contributed by atoms with E-state index in [-0.39, 0.29) is 23.7 Å². The van der Waals surface area contributed by atoms with Crippen molar-refractivity contribution in [2.75, 3.05) is 0 Å². The number of aromatic carboxylic acids is 1. The summed E-state index contributed by atoms with van der Waals surface area (Å²) in [6.07, 6.45) is 2.68. The number of halogens is 1. The number of ketones is 1. The van der Waals surface area contributed by atoms with Crippen LogP contribution in [0.25, 0.3) is 10.8 Å². The third-order valence-corrected chi connectivity index (χ3v) is 4.24. The fourth-order valence-electron chi connectivity index (χ4n) is 2.16. The molecule has 23 heavy (non-hydrogen) atoms. The number of rotatable bonds is 5. The Hall–Kier alpha value is -2.80. The molecule has 7 heteroatoms. The van der Waals surface area contributed by atoms with E-state index in [0.717, 1.165) is 11.3 Å². The van der Waals surface area contributed by atoms with Crippen LogP contribution in [0.4, 0.5) is 4.39 Å². The molecule has 0 atom stereocenters. The highest BCUT2D eigenvalue weighted by atomic mass is 32.1. The predicted octanol–water partition coefficient (Wildman–Crippen LogP) is 3.67. The van der Waals surface area contributed by atoms with Crippen LogP contribution in [0.5, 0.6) is 0 Å². The molecule has 5 nitrogen and oxygen atoms in total. The quantitative estimate of drug-likeness (QED) is 0.722. The molecule has 0 radical (unpaired) electrons. The minimum atomic E-state index is -1.15. The van der Waals surface area contributed by atoms with Gasteiger partial charge in [0.05, 0.1) is 11.8 Å². The first-order valence-corrected chi connectivity index (χ1v) is 7.46. The molecule has 1 aromatic carbocycles. The highest BCUT2D eigenvalue weighted by Crippen LogP contribution is 2.32. The number of nitrogens with zero attached hydrogens (tertiary/aromatic N) is 1. The van der Waals surface area contributed by atoms with Crippen molar-refractivity contribution in [2.45, 2.75) is 6.42 Å². The fourth-order valence-corrected chi connectivity index (χ4v) is 3.16. The molecular weight excluding hydrogens is 321 g/mol. The summed E-state index contributed by atoms with van der Waals surface area (Å²) in [5.41, 5.74) is 0.713. The van der Waals surface area contributed by atoms with Crippen LogP contribution in [-0.2, 0) is 6.42 Å². The standard InChI is InChI=1S/C16H10FNO4S/c17-11-3-1-9(2-4-11)12(19)7-10-8-23-14(13(10)16(20)21)15-18-5-6-22-15/h1-6,8H,7H2,(H,20,21). The van der Waals surface area contributed by atoms with E-state index in [9.17, 15) is 19.1 Å². The van der Waals surface area contributed by atoms with Crippen LogP contribution in [0, 0.1) is 5.82 Å². The summed E-state index contributed by atoms with van der Waals surface area (Å²) in [6.45, 7) is 0. The van der Waals surface area contributed by atoms with E-state index in [1.165, 1.54) is 36.7 Å². The zero-order valence-corrected chi connectivity index (χ0v) is 12.5. The maximum absolute atomic E-state index is 12.9. The number of Topliss-reactive ketones (excluding diaryl/α,β-unsaturated/α-hetero) is 1. The first-order chi connectivity index (χ1) is 11.1. The van der Waals surface area contributed by atoms with Crippen LogP contribution in [0.15, 0.2) is 46.5 Å². The second-order valence-electron chi connectivity index (χ2n) is 4.71. The smallest absolute Gasteiger partial charge is 0.337 e. The molecule has 0 unspecified atom stereocenters. The Bertz CT molecular complexity index is 853. The number of thiophene rings is 1. The number of carboxylic acid groups (broad SMARTS) is 1. The minimum Gasteiger partial charge on any atom is -0.478 e. The lowest BCUT2D eigenvalue weighted by molar-refractivity contribution is 0.0697. The second kappa shape index (κ2) is 6.13. The Labute approximate surface area is 134 Å². The normalized spacial score (nSPS) is 10.7. The van der Waals surface area contributed by atoms with Crippen molar-refractivity contribution in [1.82, 2.24) is 4.98 Å². The Morgan fingerprint density at radius 1 is 1.26 bits per heavy atom. The van der Waals surface area contributed by atoms with Crippen LogP contribution < -0.4 is 0 Å². The Balaban J connectivity index is 1.93. The molecule has 0 fully saturated rings. The highest BCUT2D eigenvalue weighted by Gasteiger charge is 2.23. The summed E-state index contributed by atoms with van der Waals surface area (Å²) in [5, 5.41) is 11.0. The summed E-state index contributed by atoms with van der Waals surface area (Å²) >= 11 is 1.15. The minimum absolute atomic E-state index is 0.00733. The SMILES string of the molecule is O=C(Cc1csc(-c2ncco2)c1C(=O)O)c1ccc(F)cc1. The second-order valence-corrected chi connectivity index (χ2v) is 5.59. The van der Waals surface area contributed by atoms with E-state index in [4.69, 9.17) is 4.42 Å². The molecule has 0 aliphatic heterocycles. The average Bonchev–Trinajstić information content (AvgIpc) is 3.16. The average molecular weight is 331 g/mol. The largest absolute Gasteiger partial charge is 0.478 e. The van der Waals surface area contributed by atoms with Gasteiger partial charge in [0.25, 0.3) is 0 Å². The van der Waals surface area contributed by atoms with Crippen molar-refractivity contribution < 1.29 is 23.5 Å². The summed E-state index contributed by atoms with van der Waals surface area (Å²) in [7, 11) is 0. The van der Waals surface area contributed by atoms with Gasteiger partial charge in [0.2, 0.25) is 5.89 Å². The molecule has 2 heterocycles. The first-order valence-electron chi connectivity index (χ1n) is 6.58. The Morgan fingerprint density at radius 2 is 2.00 bits per heavy atom. The predicted molar refractivity (Wildman–Crippen MR) is 81.2 cm³/mol. The van der Waals surface area contributed by atoms with Gasteiger partial charge >= 0.3 is 5.97 Å². The van der Waals surface area contributed by atoms with E-state index >= 15 is 0 Å². The zero-order valence-electron chi connectivity index (χ0n) is 11.7. The van der Waals surface area contributed by atoms with E-state index in [1.54, 1.807) is 5.38 Å². The van der Waals surface area contributed by atoms with E-state index in [1.807, 2.05) is 0 Å². The lowest BCUT2D eigenvalue weighted by Crippen LogP contribution is -2.08. The Kier molecular flexibility index (Phi) is 4.03. The van der Waals surface area contributed by atoms with Crippen LogP contribution in [0.2, 0.25) is 0 Å². The summed E-state index contributed by atoms with van der Waals surface area (Å²) in [6, 6.07) is 5.13. The number of carbonyl (C=O) groups excluding carboxylic acids is 1. The van der Waals surface area contributed by atoms with Gasteiger partial charge in [-0.25, -0.2) is 14.2 Å². The van der Waals surface area contributed by atoms with Gasteiger partial charge in [-0.15, -0.1) is 11.3 Å². The molecular formula is C16H10FNO4S. The number of oxazole rings is 1. The van der Waals surface area contributed by atoms with Crippen molar-refractivity contribution in [3.63, 3.8) is 0 Å². The van der Waals surface area contributed by atoms with Gasteiger partial charge in [-0.3, -0.25) is 4.79 Å². The molecule has 3 rings (SSSR count). The molecule has 3 aromatic rings. The highest BCUT2D eigenvalue weighted by molar-refractivity contribution is 7.14. The molecule has 116 valence electrons. The van der Waals surface area contributed by atoms with Crippen molar-refractivity contribution in [2.24, 2.45) is 0 Å². The maximum atomic E-state index is 12.9. The van der Waals surface area contributed by atoms with Gasteiger partial charge in [0, 0.05) is 12.0 Å². The summed E-state index contributed by atoms with van der Waals surface area (Å²) in [4.78, 5) is 28.1. The number of benzene rings is 1. The van der Waals surface area contributed by atoms with Gasteiger partial charge < -0.3 is 9.52 Å². The van der Waals surface area contributed by atoms with Crippen LogP contribution >= 0.6 is 11.3 Å². The zero-order chi connectivity index (χ0) is 16.4. The third kappa shape index (κ3) is 3.04. The molecule has 0 saturated carbocycles. The molecule has 0 aliphatic carbocycles. The molecule has 1 N–H and O–H groups in total. The van der Waals surface area contributed by atoms with E-state index < -0.39 is 11.8 Å². The van der Waals surface area contributed by atoms with Crippen molar-refractivity contribution >= 4 is 23.1 Å².